The van der Waals surface area contributed by atoms with Crippen molar-refractivity contribution in [1.29, 1.82) is 0 Å². The lowest BCUT2D eigenvalue weighted by molar-refractivity contribution is -0.142. The van der Waals surface area contributed by atoms with Gasteiger partial charge in [-0.15, -0.1) is 0 Å². The Bertz CT molecular complexity index is 411. The van der Waals surface area contributed by atoms with Crippen molar-refractivity contribution in [2.45, 2.75) is 71.4 Å². The number of amides is 2. The van der Waals surface area contributed by atoms with Gasteiger partial charge in [-0.25, -0.2) is 4.79 Å². The molecular formula is C16H28N2O4. The maximum Gasteiger partial charge on any atom is 0.326 e. The molecule has 0 bridgehead atoms. The summed E-state index contributed by atoms with van der Waals surface area (Å²) in [5.41, 5.74) is 0. The molecule has 0 saturated carbocycles. The van der Waals surface area contributed by atoms with Gasteiger partial charge in [0.15, 0.2) is 0 Å². The highest BCUT2D eigenvalue weighted by atomic mass is 16.4. The molecule has 1 heterocycles. The maximum atomic E-state index is 12.2. The Balaban J connectivity index is 2.59. The molecule has 1 aliphatic heterocycles. The minimum atomic E-state index is -1.01. The number of nitrogens with one attached hydrogen (secondary N) is 1. The fourth-order valence-corrected chi connectivity index (χ4v) is 2.86. The van der Waals surface area contributed by atoms with Crippen LogP contribution in [0.25, 0.3) is 0 Å². The van der Waals surface area contributed by atoms with Gasteiger partial charge in [0.25, 0.3) is 0 Å². The largest absolute Gasteiger partial charge is 0.480 e. The number of carboxylic acids is 1. The van der Waals surface area contributed by atoms with Gasteiger partial charge >= 0.3 is 5.97 Å². The van der Waals surface area contributed by atoms with Gasteiger partial charge in [0.1, 0.15) is 6.04 Å². The number of hydrogen-bond acceptors (Lipinski definition) is 3. The standard InChI is InChI=1S/C16H28N2O4/c1-4-6-8-13(16(21)22)17-15(20)12-9-14(19)18(10-12)11(3)7-5-2/h11-13H,4-10H2,1-3H3,(H,17,20)(H,21,22)/t11?,12?,13-/m0/s1. The minimum Gasteiger partial charge on any atom is -0.480 e. The summed E-state index contributed by atoms with van der Waals surface area (Å²) in [5.74, 6) is -1.78. The van der Waals surface area contributed by atoms with Gasteiger partial charge in [0.05, 0.1) is 5.92 Å². The number of carbonyl (C=O) groups is 3. The van der Waals surface area contributed by atoms with E-state index in [2.05, 4.69) is 12.2 Å². The first-order chi connectivity index (χ1) is 10.4. The van der Waals surface area contributed by atoms with Crippen LogP contribution >= 0.6 is 0 Å². The van der Waals surface area contributed by atoms with E-state index in [9.17, 15) is 14.4 Å². The van der Waals surface area contributed by atoms with Gasteiger partial charge in [0.2, 0.25) is 11.8 Å². The third-order valence-electron chi connectivity index (χ3n) is 4.23. The van der Waals surface area contributed by atoms with Gasteiger partial charge in [-0.1, -0.05) is 33.1 Å². The second-order valence-electron chi connectivity index (χ2n) is 6.13. The van der Waals surface area contributed by atoms with Crippen LogP contribution in [0.15, 0.2) is 0 Å². The van der Waals surface area contributed by atoms with E-state index >= 15 is 0 Å². The molecule has 0 radical (unpaired) electrons. The van der Waals surface area contributed by atoms with Crippen LogP contribution in [0.4, 0.5) is 0 Å². The molecule has 6 nitrogen and oxygen atoms in total. The summed E-state index contributed by atoms with van der Waals surface area (Å²) in [6, 6.07) is -0.727. The van der Waals surface area contributed by atoms with E-state index in [1.807, 2.05) is 13.8 Å². The zero-order valence-electron chi connectivity index (χ0n) is 13.8. The Morgan fingerprint density at radius 3 is 2.55 bits per heavy atom. The maximum absolute atomic E-state index is 12.2. The predicted molar refractivity (Wildman–Crippen MR) is 83.3 cm³/mol. The predicted octanol–water partition coefficient (Wildman–Crippen LogP) is 1.78. The summed E-state index contributed by atoms with van der Waals surface area (Å²) in [6.45, 7) is 6.42. The number of carboxylic acid groups (broad SMARTS) is 1. The Morgan fingerprint density at radius 2 is 2.00 bits per heavy atom. The van der Waals surface area contributed by atoms with Crippen LogP contribution in [0.1, 0.15) is 59.3 Å². The molecule has 0 aromatic heterocycles. The first kappa shape index (κ1) is 18.5. The Hall–Kier alpha value is -1.59. The molecule has 1 rings (SSSR count). The molecule has 0 spiro atoms. The molecule has 2 N–H and O–H groups in total. The van der Waals surface area contributed by atoms with E-state index in [0.29, 0.717) is 13.0 Å². The topological polar surface area (TPSA) is 86.7 Å². The van der Waals surface area contributed by atoms with Gasteiger partial charge in [0, 0.05) is 19.0 Å². The van der Waals surface area contributed by atoms with Crippen molar-refractivity contribution in [3.8, 4) is 0 Å². The van der Waals surface area contributed by atoms with E-state index in [0.717, 1.165) is 25.7 Å². The fourth-order valence-electron chi connectivity index (χ4n) is 2.86. The van der Waals surface area contributed by atoms with Gasteiger partial charge in [-0.3, -0.25) is 9.59 Å². The SMILES string of the molecule is CCCC[C@H](NC(=O)C1CC(=O)N(C(C)CCC)C1)C(=O)O. The monoisotopic (exact) mass is 312 g/mol. The molecule has 1 saturated heterocycles. The van der Waals surface area contributed by atoms with Crippen LogP contribution < -0.4 is 5.32 Å². The number of rotatable bonds is 9. The lowest BCUT2D eigenvalue weighted by Crippen LogP contribution is -2.44. The summed E-state index contributed by atoms with van der Waals surface area (Å²) in [5, 5.41) is 11.7. The molecule has 6 heteroatoms. The van der Waals surface area contributed by atoms with Crippen LogP contribution in [0.2, 0.25) is 0 Å². The van der Waals surface area contributed by atoms with Crippen molar-refractivity contribution >= 4 is 17.8 Å². The van der Waals surface area contributed by atoms with Crippen molar-refractivity contribution in [3.05, 3.63) is 0 Å². The molecular weight excluding hydrogens is 284 g/mol. The highest BCUT2D eigenvalue weighted by Gasteiger charge is 2.37. The molecule has 2 unspecified atom stereocenters. The first-order valence-corrected chi connectivity index (χ1v) is 8.23. The van der Waals surface area contributed by atoms with Gasteiger partial charge in [-0.05, 0) is 19.8 Å². The van der Waals surface area contributed by atoms with E-state index in [1.54, 1.807) is 4.90 Å². The molecule has 22 heavy (non-hydrogen) atoms. The zero-order valence-corrected chi connectivity index (χ0v) is 13.8. The van der Waals surface area contributed by atoms with Crippen LogP contribution in [-0.2, 0) is 14.4 Å². The molecule has 1 aliphatic rings. The van der Waals surface area contributed by atoms with Crippen molar-refractivity contribution in [2.75, 3.05) is 6.54 Å². The second kappa shape index (κ2) is 8.76. The van der Waals surface area contributed by atoms with Gasteiger partial charge < -0.3 is 15.3 Å². The highest BCUT2D eigenvalue weighted by Crippen LogP contribution is 2.22. The molecule has 126 valence electrons. The molecule has 0 aromatic carbocycles. The Morgan fingerprint density at radius 1 is 1.32 bits per heavy atom. The summed E-state index contributed by atoms with van der Waals surface area (Å²) in [6.07, 6.45) is 4.13. The third-order valence-corrected chi connectivity index (χ3v) is 4.23. The van der Waals surface area contributed by atoms with Crippen molar-refractivity contribution in [3.63, 3.8) is 0 Å². The summed E-state index contributed by atoms with van der Waals surface area (Å²) < 4.78 is 0. The van der Waals surface area contributed by atoms with E-state index in [1.165, 1.54) is 0 Å². The lowest BCUT2D eigenvalue weighted by Gasteiger charge is -2.24. The molecule has 3 atom stereocenters. The van der Waals surface area contributed by atoms with Crippen LogP contribution in [0, 0.1) is 5.92 Å². The second-order valence-corrected chi connectivity index (χ2v) is 6.13. The number of likely N-dealkylation sites (tertiary alicyclic amines) is 1. The molecule has 1 fully saturated rings. The number of aliphatic carboxylic acids is 1. The van der Waals surface area contributed by atoms with Crippen molar-refractivity contribution in [2.24, 2.45) is 5.92 Å². The van der Waals surface area contributed by atoms with Crippen LogP contribution in [0.3, 0.4) is 0 Å². The van der Waals surface area contributed by atoms with Crippen LogP contribution in [-0.4, -0.2) is 46.4 Å². The van der Waals surface area contributed by atoms with E-state index in [4.69, 9.17) is 5.11 Å². The average Bonchev–Trinajstić information content (AvgIpc) is 2.85. The number of carbonyl (C=O) groups excluding carboxylic acids is 2. The smallest absolute Gasteiger partial charge is 0.326 e. The van der Waals surface area contributed by atoms with Crippen LogP contribution in [0.5, 0.6) is 0 Å². The zero-order chi connectivity index (χ0) is 16.7. The average molecular weight is 312 g/mol. The van der Waals surface area contributed by atoms with Gasteiger partial charge in [-0.2, -0.15) is 0 Å². The Kier molecular flexibility index (Phi) is 7.35. The Labute approximate surface area is 132 Å². The highest BCUT2D eigenvalue weighted by molar-refractivity contribution is 5.91. The van der Waals surface area contributed by atoms with Crippen molar-refractivity contribution < 1.29 is 19.5 Å². The first-order valence-electron chi connectivity index (χ1n) is 8.23. The summed E-state index contributed by atoms with van der Waals surface area (Å²) in [4.78, 5) is 37.2. The van der Waals surface area contributed by atoms with Crippen molar-refractivity contribution in [1.82, 2.24) is 10.2 Å². The molecule has 0 aliphatic carbocycles. The quantitative estimate of drug-likeness (QED) is 0.679. The normalized spacial score (nSPS) is 20.8. The van der Waals surface area contributed by atoms with E-state index in [-0.39, 0.29) is 24.3 Å². The van der Waals surface area contributed by atoms with E-state index < -0.39 is 17.9 Å². The molecule has 2 amide bonds. The number of nitrogens with zero attached hydrogens (tertiary/aromatic N) is 1. The summed E-state index contributed by atoms with van der Waals surface area (Å²) >= 11 is 0. The minimum absolute atomic E-state index is 0.0125. The molecule has 0 aromatic rings. The third kappa shape index (κ3) is 5.00. The lowest BCUT2D eigenvalue weighted by atomic mass is 10.1. The fraction of sp³-hybridized carbons (Fsp3) is 0.812. The number of unbranched alkanes of at least 4 members (excludes halogenated alkanes) is 1. The number of hydrogen-bond donors (Lipinski definition) is 2. The summed E-state index contributed by atoms with van der Waals surface area (Å²) in [7, 11) is 0.